The van der Waals surface area contributed by atoms with E-state index in [1.807, 2.05) is 0 Å². The summed E-state index contributed by atoms with van der Waals surface area (Å²) < 4.78 is 19.8. The minimum absolute atomic E-state index is 0.727. The zero-order chi connectivity index (χ0) is 57.2. The first kappa shape index (κ1) is 76.6. The van der Waals surface area contributed by atoms with Gasteiger partial charge in [0.05, 0.1) is 19.8 Å². The molecule has 0 fully saturated rings. The zero-order valence-corrected chi connectivity index (χ0v) is 55.5. The Morgan fingerprint density at radius 2 is 0.362 bits per heavy atom. The number of benzene rings is 1. The average molecular weight is 1120 g/mol. The monoisotopic (exact) mass is 1120 g/mol. The summed E-state index contributed by atoms with van der Waals surface area (Å²) in [6, 6.07) is 4.37. The Kier molecular flexibility index (Phi) is 63.9. The molecule has 0 heterocycles. The Labute approximate surface area is 505 Å². The Morgan fingerprint density at radius 3 is 0.525 bits per heavy atom. The van der Waals surface area contributed by atoms with Crippen molar-refractivity contribution < 1.29 is 14.2 Å². The second-order valence-corrected chi connectivity index (χ2v) is 25.9. The molecule has 0 N–H and O–H groups in total. The Hall–Kier alpha value is -1.38. The highest BCUT2D eigenvalue weighted by atomic mass is 16.5. The molecule has 3 heteroatoms. The fourth-order valence-corrected chi connectivity index (χ4v) is 12.3. The van der Waals surface area contributed by atoms with Gasteiger partial charge in [0.25, 0.3) is 0 Å². The van der Waals surface area contributed by atoms with Crippen LogP contribution in [-0.2, 0) is 6.42 Å². The third-order valence-electron chi connectivity index (χ3n) is 17.9. The molecule has 1 aromatic carbocycles. The summed E-state index contributed by atoms with van der Waals surface area (Å²) in [5.74, 6) is 2.58. The molecule has 473 valence electrons. The van der Waals surface area contributed by atoms with E-state index in [0.717, 1.165) is 62.8 Å². The maximum Gasteiger partial charge on any atom is 0.203 e. The summed E-state index contributed by atoms with van der Waals surface area (Å²) in [4.78, 5) is 0. The van der Waals surface area contributed by atoms with Crippen LogP contribution in [0.1, 0.15) is 431 Å². The summed E-state index contributed by atoms with van der Waals surface area (Å²) in [5.41, 5.74) is 1.18. The smallest absolute Gasteiger partial charge is 0.203 e. The van der Waals surface area contributed by atoms with Crippen LogP contribution in [0, 0.1) is 6.92 Å². The molecule has 0 aliphatic heterocycles. The lowest BCUT2D eigenvalue weighted by molar-refractivity contribution is 0.234. The Morgan fingerprint density at radius 1 is 0.212 bits per heavy atom. The molecule has 0 saturated heterocycles. The van der Waals surface area contributed by atoms with Crippen LogP contribution in [0.25, 0.3) is 0 Å². The van der Waals surface area contributed by atoms with Crippen LogP contribution in [0.15, 0.2) is 12.1 Å². The molecule has 0 aliphatic carbocycles. The maximum absolute atomic E-state index is 6.64. The van der Waals surface area contributed by atoms with Gasteiger partial charge in [-0.3, -0.25) is 0 Å². The van der Waals surface area contributed by atoms with Crippen LogP contribution in [0.2, 0.25) is 0 Å². The summed E-state index contributed by atoms with van der Waals surface area (Å²) in [7, 11) is 0. The lowest BCUT2D eigenvalue weighted by Gasteiger charge is -2.19. The molecule has 1 rings (SSSR count). The Balaban J connectivity index is 2.34. The van der Waals surface area contributed by atoms with Crippen LogP contribution in [0.4, 0.5) is 0 Å². The molecular formula is C77H147O3. The molecule has 1 radical (unpaired) electrons. The number of ether oxygens (including phenoxy) is 3. The first-order valence-corrected chi connectivity index (χ1v) is 37.6. The summed E-state index contributed by atoms with van der Waals surface area (Å²) in [6.07, 6.45) is 89.3. The van der Waals surface area contributed by atoms with Crippen LogP contribution >= 0.6 is 0 Å². The molecule has 3 nitrogen and oxygen atoms in total. The van der Waals surface area contributed by atoms with Crippen molar-refractivity contribution in [3.63, 3.8) is 0 Å². The summed E-state index contributed by atoms with van der Waals surface area (Å²) in [6.45, 7) is 13.4. The van der Waals surface area contributed by atoms with E-state index in [1.165, 1.54) is 391 Å². The molecule has 0 bridgehead atoms. The molecule has 0 saturated carbocycles. The standard InChI is InChI=1S/C77H147O3/c1-5-9-12-15-18-21-24-27-30-33-36-39-42-45-48-51-54-57-60-63-66-69-78-75-72-74(8-4)73-76(79-70-67-64-61-58-55-52-49-46-43-40-37-34-31-28-25-22-19-16-13-10-6-2)77(75)80-71-68-65-62-59-56-53-50-47-44-41-38-35-32-29-26-23-20-17-14-11-7-3/h72-73H,4-71H2,1-3H3. The van der Waals surface area contributed by atoms with Gasteiger partial charge in [0, 0.05) is 0 Å². The first-order chi connectivity index (χ1) is 39.8. The maximum atomic E-state index is 6.64. The minimum atomic E-state index is 0.727. The van der Waals surface area contributed by atoms with Crippen LogP contribution in [0.3, 0.4) is 0 Å². The van der Waals surface area contributed by atoms with Gasteiger partial charge in [0.15, 0.2) is 11.5 Å². The van der Waals surface area contributed by atoms with Gasteiger partial charge < -0.3 is 14.2 Å². The van der Waals surface area contributed by atoms with Crippen LogP contribution in [0.5, 0.6) is 17.2 Å². The SMILES string of the molecule is [CH2]Cc1cc(OCCCCCCCCCCCCCCCCCCCCCCC)c(OCCCCCCCCCCCCCCCCCCCCCCC)c(OCCCCCCCCCCCCCCCCCCCCCCC)c1. The second-order valence-electron chi connectivity index (χ2n) is 25.9. The topological polar surface area (TPSA) is 27.7 Å². The highest BCUT2D eigenvalue weighted by Crippen LogP contribution is 2.40. The van der Waals surface area contributed by atoms with Gasteiger partial charge in [-0.05, 0) is 50.3 Å². The van der Waals surface area contributed by atoms with E-state index in [0.29, 0.717) is 0 Å². The molecule has 1 aromatic rings. The molecule has 0 aromatic heterocycles. The van der Waals surface area contributed by atoms with Crippen LogP contribution in [-0.4, -0.2) is 19.8 Å². The highest BCUT2D eigenvalue weighted by Gasteiger charge is 2.16. The second kappa shape index (κ2) is 66.8. The lowest BCUT2D eigenvalue weighted by Crippen LogP contribution is -2.07. The molecule has 80 heavy (non-hydrogen) atoms. The summed E-state index contributed by atoms with van der Waals surface area (Å²) in [5, 5.41) is 0. The lowest BCUT2D eigenvalue weighted by atomic mass is 10.0. The van der Waals surface area contributed by atoms with E-state index in [1.54, 1.807) is 0 Å². The van der Waals surface area contributed by atoms with Crippen molar-refractivity contribution >= 4 is 0 Å². The third kappa shape index (κ3) is 55.8. The van der Waals surface area contributed by atoms with Crippen molar-refractivity contribution in [3.8, 4) is 17.2 Å². The molecule has 0 atom stereocenters. The van der Waals surface area contributed by atoms with Gasteiger partial charge in [-0.1, -0.05) is 406 Å². The summed E-state index contributed by atoms with van der Waals surface area (Å²) >= 11 is 0. The van der Waals surface area contributed by atoms with Crippen molar-refractivity contribution in [1.82, 2.24) is 0 Å². The van der Waals surface area contributed by atoms with Gasteiger partial charge in [-0.2, -0.15) is 0 Å². The number of rotatable bonds is 70. The zero-order valence-electron chi connectivity index (χ0n) is 55.5. The van der Waals surface area contributed by atoms with E-state index >= 15 is 0 Å². The van der Waals surface area contributed by atoms with Gasteiger partial charge >= 0.3 is 0 Å². The fourth-order valence-electron chi connectivity index (χ4n) is 12.3. The molecule has 0 spiro atoms. The largest absolute Gasteiger partial charge is 0.490 e. The Bertz CT molecular complexity index is 1220. The van der Waals surface area contributed by atoms with E-state index in [2.05, 4.69) is 39.8 Å². The predicted octanol–water partition coefficient (Wildman–Crippen LogP) is 27.8. The normalized spacial score (nSPS) is 11.6. The first-order valence-electron chi connectivity index (χ1n) is 37.6. The van der Waals surface area contributed by atoms with Crippen LogP contribution < -0.4 is 14.2 Å². The molecule has 0 unspecified atom stereocenters. The van der Waals surface area contributed by atoms with Gasteiger partial charge in [0.1, 0.15) is 0 Å². The van der Waals surface area contributed by atoms with E-state index < -0.39 is 0 Å². The van der Waals surface area contributed by atoms with Gasteiger partial charge in [0.2, 0.25) is 5.75 Å². The highest BCUT2D eigenvalue weighted by molar-refractivity contribution is 5.54. The fraction of sp³-hybridized carbons (Fsp3) is 0.909. The molecule has 0 amide bonds. The van der Waals surface area contributed by atoms with Crippen molar-refractivity contribution in [2.75, 3.05) is 19.8 Å². The van der Waals surface area contributed by atoms with Crippen molar-refractivity contribution in [2.24, 2.45) is 0 Å². The number of hydrogen-bond acceptors (Lipinski definition) is 3. The number of hydrogen-bond donors (Lipinski definition) is 0. The van der Waals surface area contributed by atoms with E-state index in [-0.39, 0.29) is 0 Å². The van der Waals surface area contributed by atoms with Crippen molar-refractivity contribution in [1.29, 1.82) is 0 Å². The molecule has 0 aliphatic rings. The van der Waals surface area contributed by atoms with Crippen molar-refractivity contribution in [2.45, 2.75) is 432 Å². The quantitative estimate of drug-likeness (QED) is 0.0609. The minimum Gasteiger partial charge on any atom is -0.490 e. The van der Waals surface area contributed by atoms with Gasteiger partial charge in [-0.25, -0.2) is 0 Å². The molecular weight excluding hydrogens is 973 g/mol. The van der Waals surface area contributed by atoms with Crippen molar-refractivity contribution in [3.05, 3.63) is 24.6 Å². The van der Waals surface area contributed by atoms with E-state index in [9.17, 15) is 0 Å². The third-order valence-corrected chi connectivity index (χ3v) is 17.9. The van der Waals surface area contributed by atoms with E-state index in [4.69, 9.17) is 14.2 Å². The van der Waals surface area contributed by atoms with Gasteiger partial charge in [-0.15, -0.1) is 0 Å². The number of unbranched alkanes of at least 4 members (excludes halogenated alkanes) is 60. The average Bonchev–Trinajstić information content (AvgIpc) is 3.49. The predicted molar refractivity (Wildman–Crippen MR) is 360 cm³/mol.